The SMILES string of the molecule is CCN(CCC#N)c1cc2[nH]c(=O)oc2cc1N. The number of nitrogens with one attached hydrogen (secondary N) is 1. The Morgan fingerprint density at radius 1 is 1.56 bits per heavy atom. The summed E-state index contributed by atoms with van der Waals surface area (Å²) in [6.45, 7) is 3.32. The van der Waals surface area contributed by atoms with Gasteiger partial charge in [-0.05, 0) is 13.0 Å². The van der Waals surface area contributed by atoms with Gasteiger partial charge in [0.25, 0.3) is 0 Å². The van der Waals surface area contributed by atoms with E-state index in [-0.39, 0.29) is 0 Å². The third kappa shape index (κ3) is 2.15. The number of oxazole rings is 1. The van der Waals surface area contributed by atoms with Crippen LogP contribution in [0.15, 0.2) is 21.3 Å². The molecule has 0 aliphatic carbocycles. The predicted octanol–water partition coefficient (Wildman–Crippen LogP) is 1.44. The first-order valence-corrected chi connectivity index (χ1v) is 5.70. The van der Waals surface area contributed by atoms with E-state index in [0.29, 0.717) is 29.8 Å². The summed E-state index contributed by atoms with van der Waals surface area (Å²) < 4.78 is 4.94. The molecule has 0 atom stereocenters. The van der Waals surface area contributed by atoms with Gasteiger partial charge in [0.2, 0.25) is 0 Å². The molecule has 0 bridgehead atoms. The lowest BCUT2D eigenvalue weighted by molar-refractivity contribution is 0.555. The fourth-order valence-electron chi connectivity index (χ4n) is 1.91. The zero-order valence-electron chi connectivity index (χ0n) is 10.1. The van der Waals surface area contributed by atoms with Crippen LogP contribution in [0, 0.1) is 11.3 Å². The second-order valence-corrected chi connectivity index (χ2v) is 3.91. The minimum atomic E-state index is -0.498. The number of anilines is 2. The summed E-state index contributed by atoms with van der Waals surface area (Å²) in [5.41, 5.74) is 8.33. The quantitative estimate of drug-likeness (QED) is 0.795. The Morgan fingerprint density at radius 2 is 2.33 bits per heavy atom. The molecule has 2 aromatic rings. The van der Waals surface area contributed by atoms with Crippen molar-refractivity contribution in [3.8, 4) is 6.07 Å². The molecular weight excluding hydrogens is 232 g/mol. The highest BCUT2D eigenvalue weighted by molar-refractivity contribution is 5.85. The summed E-state index contributed by atoms with van der Waals surface area (Å²) in [6.07, 6.45) is 0.424. The maximum absolute atomic E-state index is 11.1. The van der Waals surface area contributed by atoms with Gasteiger partial charge in [-0.1, -0.05) is 0 Å². The van der Waals surface area contributed by atoms with Crippen LogP contribution in [0.2, 0.25) is 0 Å². The first kappa shape index (κ1) is 12.0. The first-order valence-electron chi connectivity index (χ1n) is 5.70. The third-order valence-corrected chi connectivity index (χ3v) is 2.78. The molecule has 1 heterocycles. The van der Waals surface area contributed by atoms with Crippen molar-refractivity contribution in [1.82, 2.24) is 4.98 Å². The zero-order valence-corrected chi connectivity index (χ0v) is 10.1. The minimum absolute atomic E-state index is 0.424. The molecule has 0 aliphatic heterocycles. The lowest BCUT2D eigenvalue weighted by atomic mass is 10.2. The highest BCUT2D eigenvalue weighted by Gasteiger charge is 2.11. The molecule has 6 nitrogen and oxygen atoms in total. The minimum Gasteiger partial charge on any atom is -0.408 e. The second kappa shape index (κ2) is 4.84. The van der Waals surface area contributed by atoms with Crippen molar-refractivity contribution in [2.45, 2.75) is 13.3 Å². The Morgan fingerprint density at radius 3 is 3.00 bits per heavy atom. The molecule has 0 saturated heterocycles. The Hall–Kier alpha value is -2.42. The number of nitriles is 1. The van der Waals surface area contributed by atoms with Crippen LogP contribution < -0.4 is 16.4 Å². The monoisotopic (exact) mass is 246 g/mol. The molecule has 0 spiro atoms. The van der Waals surface area contributed by atoms with Crippen molar-refractivity contribution >= 4 is 22.5 Å². The number of benzene rings is 1. The Labute approximate surface area is 104 Å². The number of fused-ring (bicyclic) bond motifs is 1. The smallest absolute Gasteiger partial charge is 0.408 e. The van der Waals surface area contributed by atoms with Crippen molar-refractivity contribution in [2.75, 3.05) is 23.7 Å². The summed E-state index contributed by atoms with van der Waals surface area (Å²) in [7, 11) is 0. The lowest BCUT2D eigenvalue weighted by Crippen LogP contribution is -2.24. The number of aromatic nitrogens is 1. The Balaban J connectivity index is 2.45. The largest absolute Gasteiger partial charge is 0.417 e. The van der Waals surface area contributed by atoms with Gasteiger partial charge in [-0.25, -0.2) is 4.79 Å². The molecule has 0 radical (unpaired) electrons. The molecule has 0 saturated carbocycles. The van der Waals surface area contributed by atoms with Gasteiger partial charge >= 0.3 is 5.76 Å². The summed E-state index contributed by atoms with van der Waals surface area (Å²) in [5.74, 6) is -0.498. The lowest BCUT2D eigenvalue weighted by Gasteiger charge is -2.23. The molecule has 2 rings (SSSR count). The fraction of sp³-hybridized carbons (Fsp3) is 0.333. The van der Waals surface area contributed by atoms with Crippen LogP contribution >= 0.6 is 0 Å². The number of nitrogens with zero attached hydrogens (tertiary/aromatic N) is 2. The van der Waals surface area contributed by atoms with E-state index in [4.69, 9.17) is 15.4 Å². The van der Waals surface area contributed by atoms with E-state index in [1.54, 1.807) is 12.1 Å². The molecule has 0 amide bonds. The van der Waals surface area contributed by atoms with Gasteiger partial charge in [-0.3, -0.25) is 4.98 Å². The third-order valence-electron chi connectivity index (χ3n) is 2.78. The Bertz CT molecular complexity index is 650. The van der Waals surface area contributed by atoms with Crippen LogP contribution in [0.4, 0.5) is 11.4 Å². The number of H-pyrrole nitrogens is 1. The highest BCUT2D eigenvalue weighted by atomic mass is 16.4. The van der Waals surface area contributed by atoms with Crippen LogP contribution in [0.5, 0.6) is 0 Å². The van der Waals surface area contributed by atoms with E-state index in [1.165, 1.54) is 0 Å². The summed E-state index contributed by atoms with van der Waals surface area (Å²) in [4.78, 5) is 15.7. The van der Waals surface area contributed by atoms with E-state index in [2.05, 4.69) is 11.1 Å². The van der Waals surface area contributed by atoms with E-state index >= 15 is 0 Å². The molecule has 0 aliphatic rings. The normalized spacial score (nSPS) is 10.4. The van der Waals surface area contributed by atoms with Crippen LogP contribution in [0.25, 0.3) is 11.1 Å². The standard InChI is InChI=1S/C12H14N4O2/c1-2-16(5-3-4-13)10-7-9-11(6-8(10)14)18-12(17)15-9/h6-7H,2-3,5,14H2,1H3,(H,15,17). The number of rotatable bonds is 4. The van der Waals surface area contributed by atoms with E-state index in [0.717, 1.165) is 12.2 Å². The molecule has 0 unspecified atom stereocenters. The van der Waals surface area contributed by atoms with E-state index < -0.39 is 5.76 Å². The summed E-state index contributed by atoms with van der Waals surface area (Å²) in [6, 6.07) is 5.50. The van der Waals surface area contributed by atoms with Crippen molar-refractivity contribution < 1.29 is 4.42 Å². The van der Waals surface area contributed by atoms with Gasteiger partial charge in [0.1, 0.15) is 0 Å². The molecular formula is C12H14N4O2. The molecule has 94 valence electrons. The van der Waals surface area contributed by atoms with Crippen molar-refractivity contribution in [2.24, 2.45) is 0 Å². The van der Waals surface area contributed by atoms with Crippen LogP contribution in [-0.4, -0.2) is 18.1 Å². The van der Waals surface area contributed by atoms with Crippen molar-refractivity contribution in [3.05, 3.63) is 22.7 Å². The molecule has 1 aromatic heterocycles. The van der Waals surface area contributed by atoms with Crippen LogP contribution in [-0.2, 0) is 0 Å². The van der Waals surface area contributed by atoms with Gasteiger partial charge in [0.05, 0.1) is 29.4 Å². The summed E-state index contributed by atoms with van der Waals surface area (Å²) >= 11 is 0. The summed E-state index contributed by atoms with van der Waals surface area (Å²) in [5, 5.41) is 8.63. The first-order chi connectivity index (χ1) is 8.65. The van der Waals surface area contributed by atoms with Gasteiger partial charge in [-0.15, -0.1) is 0 Å². The second-order valence-electron chi connectivity index (χ2n) is 3.91. The van der Waals surface area contributed by atoms with Gasteiger partial charge in [0, 0.05) is 19.2 Å². The number of hydrogen-bond acceptors (Lipinski definition) is 5. The molecule has 0 fully saturated rings. The van der Waals surface area contributed by atoms with Gasteiger partial charge < -0.3 is 15.1 Å². The van der Waals surface area contributed by atoms with Gasteiger partial charge in [0.15, 0.2) is 5.58 Å². The molecule has 1 aromatic carbocycles. The zero-order chi connectivity index (χ0) is 13.1. The van der Waals surface area contributed by atoms with E-state index in [9.17, 15) is 4.79 Å². The highest BCUT2D eigenvalue weighted by Crippen LogP contribution is 2.27. The number of aromatic amines is 1. The number of nitrogen functional groups attached to an aromatic ring is 1. The van der Waals surface area contributed by atoms with Crippen LogP contribution in [0.3, 0.4) is 0 Å². The molecule has 18 heavy (non-hydrogen) atoms. The average molecular weight is 246 g/mol. The predicted molar refractivity (Wildman–Crippen MR) is 69.4 cm³/mol. The maximum atomic E-state index is 11.1. The molecule has 3 N–H and O–H groups in total. The maximum Gasteiger partial charge on any atom is 0.417 e. The topological polar surface area (TPSA) is 99.0 Å². The molecule has 6 heteroatoms. The van der Waals surface area contributed by atoms with Crippen LogP contribution in [0.1, 0.15) is 13.3 Å². The fourth-order valence-corrected chi connectivity index (χ4v) is 1.91. The van der Waals surface area contributed by atoms with E-state index in [1.807, 2.05) is 11.8 Å². The Kier molecular flexibility index (Phi) is 3.24. The number of hydrogen-bond donors (Lipinski definition) is 2. The van der Waals surface area contributed by atoms with Crippen molar-refractivity contribution in [1.29, 1.82) is 5.26 Å². The number of nitrogens with two attached hydrogens (primary N) is 1. The van der Waals surface area contributed by atoms with Gasteiger partial charge in [-0.2, -0.15) is 5.26 Å². The van der Waals surface area contributed by atoms with Crippen molar-refractivity contribution in [3.63, 3.8) is 0 Å². The average Bonchev–Trinajstić information content (AvgIpc) is 2.69.